The molecule has 2 aromatic carbocycles. The fourth-order valence-electron chi connectivity index (χ4n) is 5.27. The average molecular weight is 550 g/mol. The van der Waals surface area contributed by atoms with Gasteiger partial charge in [0.1, 0.15) is 41.9 Å². The first kappa shape index (κ1) is 29.0. The molecule has 2 aliphatic heterocycles. The second kappa shape index (κ2) is 12.5. The first-order valence-electron chi connectivity index (χ1n) is 13.0. The zero-order valence-corrected chi connectivity index (χ0v) is 22.4. The van der Waals surface area contributed by atoms with Crippen LogP contribution in [0.4, 0.5) is 14.5 Å². The topological polar surface area (TPSA) is 94.9 Å². The largest absolute Gasteiger partial charge is 0.497 e. The van der Waals surface area contributed by atoms with Crippen LogP contribution in [0, 0.1) is 11.6 Å². The summed E-state index contributed by atoms with van der Waals surface area (Å²) in [7, 11) is 3.05. The number of β-amino-alcohol motifs (C(OH)–C–C–N with tert-alkyl or cyclic N) is 2. The van der Waals surface area contributed by atoms with Crippen molar-refractivity contribution < 1.29 is 38.0 Å². The van der Waals surface area contributed by atoms with Gasteiger partial charge < -0.3 is 34.2 Å². The normalized spacial score (nSPS) is 21.9. The Morgan fingerprint density at radius 1 is 0.897 bits per heavy atom. The van der Waals surface area contributed by atoms with E-state index in [2.05, 4.69) is 4.90 Å². The zero-order valence-electron chi connectivity index (χ0n) is 22.4. The van der Waals surface area contributed by atoms with E-state index in [1.54, 1.807) is 7.11 Å². The van der Waals surface area contributed by atoms with E-state index < -0.39 is 22.8 Å². The quantitative estimate of drug-likeness (QED) is 0.490. The first-order chi connectivity index (χ1) is 18.6. The van der Waals surface area contributed by atoms with Crippen molar-refractivity contribution >= 4 is 11.6 Å². The van der Waals surface area contributed by atoms with Crippen LogP contribution in [0.3, 0.4) is 0 Å². The highest BCUT2D eigenvalue weighted by molar-refractivity contribution is 5.77. The van der Waals surface area contributed by atoms with Gasteiger partial charge in [0.2, 0.25) is 5.91 Å². The summed E-state index contributed by atoms with van der Waals surface area (Å²) in [6.07, 6.45) is 1.05. The zero-order chi connectivity index (χ0) is 28.0. The number of aliphatic hydroxyl groups is 2. The minimum absolute atomic E-state index is 0.0484. The van der Waals surface area contributed by atoms with E-state index in [4.69, 9.17) is 14.2 Å². The summed E-state index contributed by atoms with van der Waals surface area (Å²) in [6.45, 7) is 1.99. The van der Waals surface area contributed by atoms with Crippen LogP contribution >= 0.6 is 0 Å². The Morgan fingerprint density at radius 2 is 1.56 bits per heavy atom. The second-order valence-corrected chi connectivity index (χ2v) is 10.5. The number of carbonyl (C=O) groups is 1. The van der Waals surface area contributed by atoms with Gasteiger partial charge in [-0.15, -0.1) is 0 Å². The predicted octanol–water partition coefficient (Wildman–Crippen LogP) is 1.91. The van der Waals surface area contributed by atoms with Gasteiger partial charge in [0.05, 0.1) is 19.3 Å². The summed E-state index contributed by atoms with van der Waals surface area (Å²) >= 11 is 0. The number of piperidine rings is 1. The van der Waals surface area contributed by atoms with Crippen molar-refractivity contribution in [2.75, 3.05) is 78.1 Å². The Balaban J connectivity index is 1.43. The Bertz CT molecular complexity index is 1090. The minimum atomic E-state index is -1.55. The van der Waals surface area contributed by atoms with E-state index in [9.17, 15) is 23.8 Å². The van der Waals surface area contributed by atoms with Crippen LogP contribution in [0.2, 0.25) is 0 Å². The number of amides is 1. The van der Waals surface area contributed by atoms with Crippen LogP contribution in [-0.2, 0) is 9.53 Å². The molecule has 214 valence electrons. The van der Waals surface area contributed by atoms with Crippen molar-refractivity contribution in [3.63, 3.8) is 0 Å². The second-order valence-electron chi connectivity index (χ2n) is 10.5. The van der Waals surface area contributed by atoms with Crippen molar-refractivity contribution in [2.45, 2.75) is 24.0 Å². The Morgan fingerprint density at radius 3 is 2.18 bits per heavy atom. The molecule has 39 heavy (non-hydrogen) atoms. The molecule has 1 amide bonds. The summed E-state index contributed by atoms with van der Waals surface area (Å²) in [5.74, 6) is -1.15. The lowest BCUT2D eigenvalue weighted by molar-refractivity contribution is -0.138. The van der Waals surface area contributed by atoms with Gasteiger partial charge in [0.15, 0.2) is 0 Å². The third kappa shape index (κ3) is 7.78. The molecular weight excluding hydrogens is 512 g/mol. The van der Waals surface area contributed by atoms with Crippen LogP contribution in [0.5, 0.6) is 11.5 Å². The van der Waals surface area contributed by atoms with Gasteiger partial charge in [-0.2, -0.15) is 0 Å². The number of ether oxygens (including phenoxy) is 3. The van der Waals surface area contributed by atoms with Gasteiger partial charge in [-0.05, 0) is 37.1 Å². The van der Waals surface area contributed by atoms with Gasteiger partial charge in [-0.3, -0.25) is 9.69 Å². The fourth-order valence-corrected chi connectivity index (χ4v) is 5.27. The Labute approximate surface area is 227 Å². The van der Waals surface area contributed by atoms with Crippen LogP contribution in [0.1, 0.15) is 12.8 Å². The molecule has 0 spiro atoms. The molecule has 0 saturated carbocycles. The lowest BCUT2D eigenvalue weighted by Gasteiger charge is -2.42. The SMILES string of the molecule is COCC(=O)N1CCN(CC2(O)CCN(c3ccc(OC)cc3)CC2)C[C@](O)(COc2cc(F)cc(F)c2)C1. The summed E-state index contributed by atoms with van der Waals surface area (Å²) in [4.78, 5) is 18.3. The van der Waals surface area contributed by atoms with E-state index >= 15 is 0 Å². The smallest absolute Gasteiger partial charge is 0.248 e. The lowest BCUT2D eigenvalue weighted by atomic mass is 9.90. The van der Waals surface area contributed by atoms with E-state index in [1.165, 1.54) is 12.0 Å². The molecule has 4 rings (SSSR count). The van der Waals surface area contributed by atoms with Crippen molar-refractivity contribution in [1.29, 1.82) is 0 Å². The number of rotatable bonds is 9. The van der Waals surface area contributed by atoms with Crippen LogP contribution in [0.25, 0.3) is 0 Å². The number of nitrogens with zero attached hydrogens (tertiary/aromatic N) is 3. The monoisotopic (exact) mass is 549 g/mol. The molecule has 2 N–H and O–H groups in total. The summed E-state index contributed by atoms with van der Waals surface area (Å²) in [6, 6.07) is 10.6. The van der Waals surface area contributed by atoms with E-state index in [0.29, 0.717) is 45.6 Å². The molecule has 2 fully saturated rings. The number of carbonyl (C=O) groups excluding carboxylic acids is 1. The Hall–Kier alpha value is -2.99. The van der Waals surface area contributed by atoms with Gasteiger partial charge in [-0.25, -0.2) is 8.78 Å². The fraction of sp³-hybridized carbons (Fsp3) is 0.536. The highest BCUT2D eigenvalue weighted by Crippen LogP contribution is 2.29. The minimum Gasteiger partial charge on any atom is -0.497 e. The predicted molar refractivity (Wildman–Crippen MR) is 141 cm³/mol. The number of anilines is 1. The van der Waals surface area contributed by atoms with Crippen LogP contribution < -0.4 is 14.4 Å². The number of halogens is 2. The number of benzene rings is 2. The standard InChI is InChI=1S/C28H37F2N3O6/c1-37-16-26(34)33-12-11-31(18-28(36,19-33)20-39-25-14-21(29)13-22(30)15-25)17-27(35)7-9-32(10-8-27)23-3-5-24(38-2)6-4-23/h3-6,13-15,35-36H,7-12,16-20H2,1-2H3/t28-/m1/s1. The van der Waals surface area contributed by atoms with Crippen LogP contribution in [-0.4, -0.2) is 110 Å². The van der Waals surface area contributed by atoms with Crippen molar-refractivity contribution in [1.82, 2.24) is 9.80 Å². The van der Waals surface area contributed by atoms with Crippen molar-refractivity contribution in [3.8, 4) is 11.5 Å². The molecule has 0 unspecified atom stereocenters. The van der Waals surface area contributed by atoms with Gasteiger partial charge in [-0.1, -0.05) is 0 Å². The average Bonchev–Trinajstić information content (AvgIpc) is 3.06. The third-order valence-corrected chi connectivity index (χ3v) is 7.30. The van der Waals surface area contributed by atoms with Gasteiger partial charge in [0, 0.05) is 70.3 Å². The molecule has 0 bridgehead atoms. The molecule has 0 aliphatic carbocycles. The first-order valence-corrected chi connectivity index (χ1v) is 13.0. The maximum Gasteiger partial charge on any atom is 0.248 e. The number of methoxy groups -OCH3 is 2. The van der Waals surface area contributed by atoms with Crippen molar-refractivity contribution in [3.05, 3.63) is 54.1 Å². The number of hydrogen-bond acceptors (Lipinski definition) is 8. The Kier molecular flexibility index (Phi) is 9.27. The molecule has 2 aromatic rings. The third-order valence-electron chi connectivity index (χ3n) is 7.30. The maximum absolute atomic E-state index is 13.6. The van der Waals surface area contributed by atoms with Crippen molar-refractivity contribution in [2.24, 2.45) is 0 Å². The molecule has 2 saturated heterocycles. The molecule has 0 aromatic heterocycles. The van der Waals surface area contributed by atoms with Gasteiger partial charge >= 0.3 is 0 Å². The van der Waals surface area contributed by atoms with E-state index in [0.717, 1.165) is 29.6 Å². The highest BCUT2D eigenvalue weighted by Gasteiger charge is 2.41. The highest BCUT2D eigenvalue weighted by atomic mass is 19.1. The maximum atomic E-state index is 13.6. The van der Waals surface area contributed by atoms with Gasteiger partial charge in [0.25, 0.3) is 0 Å². The molecule has 2 heterocycles. The van der Waals surface area contributed by atoms with E-state index in [1.807, 2.05) is 29.2 Å². The van der Waals surface area contributed by atoms with E-state index in [-0.39, 0.29) is 38.0 Å². The molecule has 0 radical (unpaired) electrons. The lowest BCUT2D eigenvalue weighted by Crippen LogP contribution is -2.56. The summed E-state index contributed by atoms with van der Waals surface area (Å²) in [5.41, 5.74) is -1.48. The molecule has 2 aliphatic rings. The van der Waals surface area contributed by atoms with Crippen LogP contribution in [0.15, 0.2) is 42.5 Å². The summed E-state index contributed by atoms with van der Waals surface area (Å²) in [5, 5.41) is 23.0. The number of hydrogen-bond donors (Lipinski definition) is 2. The molecule has 11 heteroatoms. The summed E-state index contributed by atoms with van der Waals surface area (Å²) < 4.78 is 43.1. The molecular formula is C28H37F2N3O6. The molecule has 1 atom stereocenters. The molecule has 9 nitrogen and oxygen atoms in total.